The van der Waals surface area contributed by atoms with Gasteiger partial charge in [-0.3, -0.25) is 14.8 Å². The highest BCUT2D eigenvalue weighted by molar-refractivity contribution is 7.19. The fourth-order valence-corrected chi connectivity index (χ4v) is 5.52. The van der Waals surface area contributed by atoms with Gasteiger partial charge in [0.15, 0.2) is 11.5 Å². The summed E-state index contributed by atoms with van der Waals surface area (Å²) >= 11 is 1.77. The molecule has 4 aromatic heterocycles. The highest BCUT2D eigenvalue weighted by Gasteiger charge is 2.32. The summed E-state index contributed by atoms with van der Waals surface area (Å²) in [5.74, 6) is 1.23. The lowest BCUT2D eigenvalue weighted by atomic mass is 9.72. The van der Waals surface area contributed by atoms with E-state index in [1.807, 2.05) is 6.92 Å². The topological polar surface area (TPSA) is 104 Å². The number of aryl methyl sites for hydroxylation is 1. The smallest absolute Gasteiger partial charge is 0.258 e. The molecule has 30 heavy (non-hydrogen) atoms. The van der Waals surface area contributed by atoms with Crippen LogP contribution in [-0.4, -0.2) is 34.3 Å². The summed E-state index contributed by atoms with van der Waals surface area (Å²) in [6.45, 7) is 8.84. The Labute approximate surface area is 176 Å². The average molecular weight is 426 g/mol. The van der Waals surface area contributed by atoms with E-state index in [2.05, 4.69) is 36.0 Å². The quantitative estimate of drug-likeness (QED) is 0.360. The van der Waals surface area contributed by atoms with Crippen LogP contribution in [0.2, 0.25) is 0 Å². The minimum absolute atomic E-state index is 0.0463. The lowest BCUT2D eigenvalue weighted by Gasteiger charge is -2.33. The van der Waals surface area contributed by atoms with Gasteiger partial charge in [0.05, 0.1) is 10.3 Å². The van der Waals surface area contributed by atoms with Gasteiger partial charge in [0.1, 0.15) is 29.6 Å². The Morgan fingerprint density at radius 3 is 2.87 bits per heavy atom. The number of hydrogen-bond donors (Lipinski definition) is 0. The molecule has 2 unspecified atom stereocenters. The molecule has 4 aromatic rings. The summed E-state index contributed by atoms with van der Waals surface area (Å²) in [4.78, 5) is 22.4. The van der Waals surface area contributed by atoms with Crippen LogP contribution in [0.1, 0.15) is 56.4 Å². The Hall–Kier alpha value is -2.88. The van der Waals surface area contributed by atoms with Crippen molar-refractivity contribution < 1.29 is 4.92 Å². The van der Waals surface area contributed by atoms with Gasteiger partial charge < -0.3 is 0 Å². The third kappa shape index (κ3) is 2.97. The zero-order valence-corrected chi connectivity index (χ0v) is 18.2. The van der Waals surface area contributed by atoms with Gasteiger partial charge in [0.2, 0.25) is 0 Å². The van der Waals surface area contributed by atoms with Crippen molar-refractivity contribution in [2.75, 3.05) is 0 Å². The number of rotatable bonds is 3. The largest absolute Gasteiger partial charge is 0.307 e. The van der Waals surface area contributed by atoms with Crippen LogP contribution in [0.25, 0.3) is 15.9 Å². The molecule has 1 aliphatic carbocycles. The second-order valence-corrected chi connectivity index (χ2v) is 10.2. The van der Waals surface area contributed by atoms with Crippen molar-refractivity contribution in [2.45, 2.75) is 53.0 Å². The van der Waals surface area contributed by atoms with Crippen LogP contribution in [0.5, 0.6) is 0 Å². The zero-order chi connectivity index (χ0) is 21.2. The van der Waals surface area contributed by atoms with Crippen molar-refractivity contribution in [3.63, 3.8) is 0 Å². The van der Waals surface area contributed by atoms with E-state index < -0.39 is 4.92 Å². The van der Waals surface area contributed by atoms with Gasteiger partial charge in [-0.25, -0.2) is 14.5 Å². The van der Waals surface area contributed by atoms with Crippen LogP contribution in [0.3, 0.4) is 0 Å². The Morgan fingerprint density at radius 2 is 2.17 bits per heavy atom. The molecular formula is C20H23N7O2S. The Morgan fingerprint density at radius 1 is 1.37 bits per heavy atom. The summed E-state index contributed by atoms with van der Waals surface area (Å²) in [5, 5.41) is 20.8. The lowest BCUT2D eigenvalue weighted by molar-refractivity contribution is -0.385. The number of nitro groups is 1. The van der Waals surface area contributed by atoms with Gasteiger partial charge in [0, 0.05) is 4.88 Å². The maximum Gasteiger partial charge on any atom is 0.307 e. The number of thiophene rings is 1. The van der Waals surface area contributed by atoms with Gasteiger partial charge in [0.25, 0.3) is 0 Å². The van der Waals surface area contributed by atoms with Crippen LogP contribution < -0.4 is 0 Å². The van der Waals surface area contributed by atoms with Gasteiger partial charge in [-0.2, -0.15) is 5.10 Å². The second-order valence-electron chi connectivity index (χ2n) is 9.08. The van der Waals surface area contributed by atoms with Crippen molar-refractivity contribution in [1.82, 2.24) is 29.4 Å². The minimum Gasteiger partial charge on any atom is -0.258 e. The first kappa shape index (κ1) is 19.1. The molecule has 0 aliphatic heterocycles. The number of fused-ring (bicyclic) bond motifs is 5. The van der Waals surface area contributed by atoms with E-state index in [1.165, 1.54) is 27.5 Å². The van der Waals surface area contributed by atoms with E-state index in [9.17, 15) is 10.1 Å². The van der Waals surface area contributed by atoms with Gasteiger partial charge >= 0.3 is 5.69 Å². The lowest BCUT2D eigenvalue weighted by Crippen LogP contribution is -2.26. The molecule has 156 valence electrons. The summed E-state index contributed by atoms with van der Waals surface area (Å²) in [6.07, 6.45) is 7.63. The summed E-state index contributed by atoms with van der Waals surface area (Å²) in [6, 6.07) is -0.326. The van der Waals surface area contributed by atoms with Crippen LogP contribution >= 0.6 is 11.3 Å². The molecular weight excluding hydrogens is 402 g/mol. The predicted molar refractivity (Wildman–Crippen MR) is 114 cm³/mol. The molecule has 2 atom stereocenters. The molecule has 0 fully saturated rings. The Balaban J connectivity index is 1.57. The van der Waals surface area contributed by atoms with Crippen molar-refractivity contribution in [2.24, 2.45) is 11.3 Å². The molecule has 0 bridgehead atoms. The molecule has 1 aliphatic rings. The van der Waals surface area contributed by atoms with Gasteiger partial charge in [-0.15, -0.1) is 16.4 Å². The Bertz CT molecular complexity index is 1280. The predicted octanol–water partition coefficient (Wildman–Crippen LogP) is 4.20. The van der Waals surface area contributed by atoms with Crippen LogP contribution in [0.4, 0.5) is 5.69 Å². The number of aromatic nitrogens is 6. The van der Waals surface area contributed by atoms with Crippen molar-refractivity contribution in [3.8, 4) is 0 Å². The molecule has 0 saturated heterocycles. The van der Waals surface area contributed by atoms with E-state index in [0.29, 0.717) is 17.2 Å². The fraction of sp³-hybridized carbons (Fsp3) is 0.500. The first-order valence-corrected chi connectivity index (χ1v) is 10.9. The Kier molecular flexibility index (Phi) is 4.18. The maximum absolute atomic E-state index is 11.0. The molecule has 9 nitrogen and oxygen atoms in total. The third-order valence-corrected chi connectivity index (χ3v) is 7.36. The van der Waals surface area contributed by atoms with Gasteiger partial charge in [-0.1, -0.05) is 20.8 Å². The molecule has 0 N–H and O–H groups in total. The minimum atomic E-state index is -0.455. The molecule has 5 rings (SSSR count). The summed E-state index contributed by atoms with van der Waals surface area (Å²) in [5.41, 5.74) is 2.40. The number of nitrogens with zero attached hydrogens (tertiary/aromatic N) is 7. The standard InChI is InChI=1S/C20H23N7O2S/c1-11(25-9-13(8-22-25)27(28)29)17-23-18-16-14-6-5-12(20(2,3)4)7-15(14)30-19(16)21-10-26(18)24-17/h8-12H,5-7H2,1-4H3. The maximum atomic E-state index is 11.0. The van der Waals surface area contributed by atoms with Crippen molar-refractivity contribution in [1.29, 1.82) is 0 Å². The molecule has 0 amide bonds. The third-order valence-electron chi connectivity index (χ3n) is 6.20. The van der Waals surface area contributed by atoms with Crippen molar-refractivity contribution in [3.05, 3.63) is 45.1 Å². The average Bonchev–Trinajstić information content (AvgIpc) is 3.41. The molecule has 0 spiro atoms. The molecule has 4 heterocycles. The SMILES string of the molecule is CC(c1nc2c3c4c(sc3ncn2n1)CC(C(C)(C)C)CC4)n1cc([N+](=O)[O-])cn1. The van der Waals surface area contributed by atoms with E-state index in [1.54, 1.807) is 22.2 Å². The van der Waals surface area contributed by atoms with E-state index in [4.69, 9.17) is 4.98 Å². The first-order valence-electron chi connectivity index (χ1n) is 10.1. The van der Waals surface area contributed by atoms with E-state index in [0.717, 1.165) is 35.1 Å². The van der Waals surface area contributed by atoms with E-state index >= 15 is 0 Å². The highest BCUT2D eigenvalue weighted by atomic mass is 32.1. The first-order chi connectivity index (χ1) is 14.2. The molecule has 0 aromatic carbocycles. The molecule has 0 radical (unpaired) electrons. The highest BCUT2D eigenvalue weighted by Crippen LogP contribution is 2.43. The van der Waals surface area contributed by atoms with Crippen LogP contribution in [0, 0.1) is 21.4 Å². The zero-order valence-electron chi connectivity index (χ0n) is 17.4. The fourth-order valence-electron chi connectivity index (χ4n) is 4.26. The van der Waals surface area contributed by atoms with Crippen LogP contribution in [0.15, 0.2) is 18.7 Å². The van der Waals surface area contributed by atoms with Crippen molar-refractivity contribution >= 4 is 32.9 Å². The summed E-state index contributed by atoms with van der Waals surface area (Å²) < 4.78 is 3.24. The van der Waals surface area contributed by atoms with Crippen LogP contribution in [-0.2, 0) is 12.8 Å². The number of hydrogen-bond acceptors (Lipinski definition) is 7. The molecule has 10 heteroatoms. The second kappa shape index (κ2) is 6.56. The monoisotopic (exact) mass is 425 g/mol. The molecule has 0 saturated carbocycles. The van der Waals surface area contributed by atoms with E-state index in [-0.39, 0.29) is 11.7 Å². The van der Waals surface area contributed by atoms with Gasteiger partial charge in [-0.05, 0) is 43.1 Å². The normalized spacial score (nSPS) is 18.1. The summed E-state index contributed by atoms with van der Waals surface area (Å²) in [7, 11) is 0.